The maximum atomic E-state index is 11.4. The fourth-order valence-corrected chi connectivity index (χ4v) is 3.54. The molecule has 1 fully saturated rings. The van der Waals surface area contributed by atoms with Gasteiger partial charge in [-0.15, -0.1) is 5.10 Å². The van der Waals surface area contributed by atoms with Gasteiger partial charge >= 0.3 is 5.97 Å². The first-order chi connectivity index (χ1) is 9.63. The Balaban J connectivity index is 2.11. The molecule has 0 bridgehead atoms. The van der Waals surface area contributed by atoms with Crippen LogP contribution in [-0.4, -0.2) is 26.1 Å². The van der Waals surface area contributed by atoms with Crippen LogP contribution in [0.2, 0.25) is 0 Å². The minimum absolute atomic E-state index is 0.255. The van der Waals surface area contributed by atoms with Crippen LogP contribution >= 0.6 is 0 Å². The van der Waals surface area contributed by atoms with E-state index in [0.29, 0.717) is 28.4 Å². The Morgan fingerprint density at radius 1 is 1.45 bits per heavy atom. The maximum absolute atomic E-state index is 11.4. The Kier molecular flexibility index (Phi) is 3.20. The molecule has 3 atom stereocenters. The number of carboxylic acids is 1. The largest absolute Gasteiger partial charge is 0.478 e. The Morgan fingerprint density at radius 3 is 2.90 bits per heavy atom. The van der Waals surface area contributed by atoms with Gasteiger partial charge in [0.1, 0.15) is 11.0 Å². The van der Waals surface area contributed by atoms with Crippen LogP contribution in [-0.2, 0) is 0 Å². The Labute approximate surface area is 117 Å². The van der Waals surface area contributed by atoms with Gasteiger partial charge in [0.2, 0.25) is 0 Å². The van der Waals surface area contributed by atoms with Crippen molar-refractivity contribution >= 4 is 17.0 Å². The molecule has 0 radical (unpaired) electrons. The lowest BCUT2D eigenvalue weighted by molar-refractivity contribution is 0.0698. The molecule has 3 rings (SSSR count). The normalized spacial score (nSPS) is 26.2. The molecule has 20 heavy (non-hydrogen) atoms. The van der Waals surface area contributed by atoms with Crippen molar-refractivity contribution in [2.75, 3.05) is 0 Å². The summed E-state index contributed by atoms with van der Waals surface area (Å²) in [7, 11) is 0. The zero-order chi connectivity index (χ0) is 14.3. The van der Waals surface area contributed by atoms with Gasteiger partial charge in [-0.25, -0.2) is 9.48 Å². The monoisotopic (exact) mass is 273 g/mol. The quantitative estimate of drug-likeness (QED) is 0.932. The first kappa shape index (κ1) is 13.1. The van der Waals surface area contributed by atoms with Crippen molar-refractivity contribution in [2.24, 2.45) is 11.8 Å². The molecule has 0 aliphatic heterocycles. The molecule has 0 saturated heterocycles. The fourth-order valence-electron chi connectivity index (χ4n) is 3.54. The predicted octanol–water partition coefficient (Wildman–Crippen LogP) is 3.13. The number of hydrogen-bond acceptors (Lipinski definition) is 3. The van der Waals surface area contributed by atoms with E-state index in [1.54, 1.807) is 12.1 Å². The van der Waals surface area contributed by atoms with Crippen molar-refractivity contribution in [3.8, 4) is 0 Å². The summed E-state index contributed by atoms with van der Waals surface area (Å²) >= 11 is 0. The van der Waals surface area contributed by atoms with Gasteiger partial charge in [-0.1, -0.05) is 31.5 Å². The van der Waals surface area contributed by atoms with Crippen molar-refractivity contribution in [2.45, 2.75) is 39.2 Å². The molecule has 1 aliphatic carbocycles. The second-order valence-corrected chi connectivity index (χ2v) is 5.68. The molecule has 3 unspecified atom stereocenters. The van der Waals surface area contributed by atoms with Crippen molar-refractivity contribution < 1.29 is 9.90 Å². The molecule has 1 aliphatic rings. The number of hydrogen-bond donors (Lipinski definition) is 1. The van der Waals surface area contributed by atoms with Gasteiger partial charge < -0.3 is 5.11 Å². The van der Waals surface area contributed by atoms with Crippen molar-refractivity contribution in [1.82, 2.24) is 15.0 Å². The summed E-state index contributed by atoms with van der Waals surface area (Å²) in [5.74, 6) is 0.278. The Bertz CT molecular complexity index is 650. The highest BCUT2D eigenvalue weighted by atomic mass is 16.4. The zero-order valence-electron chi connectivity index (χ0n) is 11.8. The molecule has 106 valence electrons. The third kappa shape index (κ3) is 1.88. The van der Waals surface area contributed by atoms with Gasteiger partial charge in [-0.2, -0.15) is 0 Å². The van der Waals surface area contributed by atoms with Crippen LogP contribution in [0.3, 0.4) is 0 Å². The van der Waals surface area contributed by atoms with Gasteiger partial charge in [0.25, 0.3) is 0 Å². The summed E-state index contributed by atoms with van der Waals surface area (Å²) < 4.78 is 1.85. The number of benzene rings is 1. The Morgan fingerprint density at radius 2 is 2.25 bits per heavy atom. The molecule has 1 saturated carbocycles. The van der Waals surface area contributed by atoms with E-state index >= 15 is 0 Å². The van der Waals surface area contributed by atoms with Gasteiger partial charge in [0.15, 0.2) is 0 Å². The molecular formula is C15H19N3O2. The first-order valence-corrected chi connectivity index (χ1v) is 7.20. The van der Waals surface area contributed by atoms with Crippen LogP contribution in [0.1, 0.15) is 49.5 Å². The molecule has 2 aromatic rings. The van der Waals surface area contributed by atoms with Crippen LogP contribution in [0.5, 0.6) is 0 Å². The number of aromatic carboxylic acids is 1. The van der Waals surface area contributed by atoms with Crippen LogP contribution in [0, 0.1) is 11.8 Å². The number of nitrogens with zero attached hydrogens (tertiary/aromatic N) is 3. The van der Waals surface area contributed by atoms with E-state index in [1.807, 2.05) is 10.7 Å². The van der Waals surface area contributed by atoms with E-state index in [9.17, 15) is 9.90 Å². The highest BCUT2D eigenvalue weighted by molar-refractivity contribution is 6.00. The average molecular weight is 273 g/mol. The molecule has 1 aromatic heterocycles. The van der Waals surface area contributed by atoms with E-state index in [2.05, 4.69) is 24.2 Å². The van der Waals surface area contributed by atoms with Gasteiger partial charge in [0, 0.05) is 0 Å². The molecular weight excluding hydrogens is 254 g/mol. The number of carbonyl (C=O) groups is 1. The predicted molar refractivity (Wildman–Crippen MR) is 75.7 cm³/mol. The van der Waals surface area contributed by atoms with Crippen molar-refractivity contribution in [3.63, 3.8) is 0 Å². The molecule has 1 aromatic carbocycles. The number of fused-ring (bicyclic) bond motifs is 1. The van der Waals surface area contributed by atoms with Crippen molar-refractivity contribution in [3.05, 3.63) is 23.8 Å². The van der Waals surface area contributed by atoms with Gasteiger partial charge in [-0.3, -0.25) is 0 Å². The summed E-state index contributed by atoms with van der Waals surface area (Å²) in [4.78, 5) is 11.4. The third-order valence-electron chi connectivity index (χ3n) is 4.75. The van der Waals surface area contributed by atoms with E-state index in [0.717, 1.165) is 12.8 Å². The summed E-state index contributed by atoms with van der Waals surface area (Å²) in [5.41, 5.74) is 1.62. The highest BCUT2D eigenvalue weighted by Crippen LogP contribution is 2.42. The zero-order valence-corrected chi connectivity index (χ0v) is 11.8. The number of para-hydroxylation sites is 1. The number of rotatable bonds is 3. The smallest absolute Gasteiger partial charge is 0.337 e. The minimum atomic E-state index is -0.920. The number of aromatic nitrogens is 3. The number of carboxylic acid groups (broad SMARTS) is 1. The lowest BCUT2D eigenvalue weighted by Crippen LogP contribution is -2.17. The van der Waals surface area contributed by atoms with Crippen LogP contribution < -0.4 is 0 Å². The van der Waals surface area contributed by atoms with Crippen LogP contribution in [0.15, 0.2) is 18.2 Å². The van der Waals surface area contributed by atoms with Crippen molar-refractivity contribution in [1.29, 1.82) is 0 Å². The lowest BCUT2D eigenvalue weighted by Gasteiger charge is -2.20. The molecule has 1 heterocycles. The Hall–Kier alpha value is -1.91. The summed E-state index contributed by atoms with van der Waals surface area (Å²) in [6.07, 6.45) is 3.39. The second kappa shape index (κ2) is 4.89. The first-order valence-electron chi connectivity index (χ1n) is 7.20. The summed E-state index contributed by atoms with van der Waals surface area (Å²) in [6.45, 7) is 4.45. The van der Waals surface area contributed by atoms with E-state index < -0.39 is 5.97 Å². The minimum Gasteiger partial charge on any atom is -0.478 e. The topological polar surface area (TPSA) is 68.0 Å². The van der Waals surface area contributed by atoms with Crippen LogP contribution in [0.4, 0.5) is 0 Å². The second-order valence-electron chi connectivity index (χ2n) is 5.68. The van der Waals surface area contributed by atoms with E-state index in [4.69, 9.17) is 0 Å². The summed E-state index contributed by atoms with van der Waals surface area (Å²) in [6, 6.07) is 5.42. The highest BCUT2D eigenvalue weighted by Gasteiger charge is 2.34. The van der Waals surface area contributed by atoms with Gasteiger partial charge in [-0.05, 0) is 36.8 Å². The molecule has 5 nitrogen and oxygen atoms in total. The average Bonchev–Trinajstić information content (AvgIpc) is 3.01. The van der Waals surface area contributed by atoms with Gasteiger partial charge in [0.05, 0.1) is 11.6 Å². The maximum Gasteiger partial charge on any atom is 0.337 e. The molecule has 0 spiro atoms. The molecule has 0 amide bonds. The van der Waals surface area contributed by atoms with E-state index in [-0.39, 0.29) is 6.04 Å². The summed E-state index contributed by atoms with van der Waals surface area (Å²) in [5, 5.41) is 17.7. The SMILES string of the molecule is CCC1CCC(n2nnc3cccc(C(=O)O)c32)C1C. The lowest BCUT2D eigenvalue weighted by atomic mass is 9.93. The van der Waals surface area contributed by atoms with Crippen LogP contribution in [0.25, 0.3) is 11.0 Å². The van der Waals surface area contributed by atoms with E-state index in [1.165, 1.54) is 6.42 Å². The molecule has 1 N–H and O–H groups in total. The third-order valence-corrected chi connectivity index (χ3v) is 4.75. The molecule has 5 heteroatoms. The standard InChI is InChI=1S/C15H19N3O2/c1-3-10-7-8-13(9(10)2)18-14-11(15(19)20)5-4-6-12(14)16-17-18/h4-6,9-10,13H,3,7-8H2,1-2H3,(H,19,20). The fraction of sp³-hybridized carbons (Fsp3) is 0.533.